The van der Waals surface area contributed by atoms with Gasteiger partial charge in [0, 0.05) is 7.05 Å². The Bertz CT molecular complexity index is 674. The first-order valence-electron chi connectivity index (χ1n) is 5.77. The largest absolute Gasteiger partial charge is 0.478 e. The van der Waals surface area contributed by atoms with Gasteiger partial charge in [-0.05, 0) is 26.0 Å². The molecule has 0 fully saturated rings. The van der Waals surface area contributed by atoms with Crippen LogP contribution in [0.2, 0.25) is 5.02 Å². The highest BCUT2D eigenvalue weighted by atomic mass is 35.5. The smallest absolute Gasteiger partial charge is 0.337 e. The molecule has 0 atom stereocenters. The van der Waals surface area contributed by atoms with E-state index in [1.165, 1.54) is 20.9 Å². The van der Waals surface area contributed by atoms with Crippen molar-refractivity contribution in [3.8, 4) is 0 Å². The molecule has 0 aliphatic heterocycles. The van der Waals surface area contributed by atoms with Gasteiger partial charge in [-0.25, -0.2) is 17.6 Å². The molecule has 1 rings (SSSR count). The molecule has 0 saturated heterocycles. The topological polar surface area (TPSA) is 94.9 Å². The van der Waals surface area contributed by atoms with Gasteiger partial charge in [0.25, 0.3) is 0 Å². The fraction of sp³-hybridized carbons (Fsp3) is 0.417. The van der Waals surface area contributed by atoms with Crippen LogP contribution in [0, 0.1) is 5.82 Å². The van der Waals surface area contributed by atoms with Crippen molar-refractivity contribution in [3.05, 3.63) is 28.5 Å². The van der Waals surface area contributed by atoms with Crippen molar-refractivity contribution in [2.75, 3.05) is 13.7 Å². The fourth-order valence-corrected chi connectivity index (χ4v) is 3.19. The average Bonchev–Trinajstić information content (AvgIpc) is 2.40. The van der Waals surface area contributed by atoms with Crippen LogP contribution in [0.1, 0.15) is 24.2 Å². The van der Waals surface area contributed by atoms with E-state index in [4.69, 9.17) is 16.7 Å². The van der Waals surface area contributed by atoms with Crippen molar-refractivity contribution in [1.29, 1.82) is 0 Å². The Morgan fingerprint density at radius 2 is 1.95 bits per heavy atom. The van der Waals surface area contributed by atoms with Crippen LogP contribution in [0.3, 0.4) is 0 Å². The van der Waals surface area contributed by atoms with E-state index in [0.717, 1.165) is 10.4 Å². The van der Waals surface area contributed by atoms with Gasteiger partial charge < -0.3 is 10.2 Å². The van der Waals surface area contributed by atoms with Crippen molar-refractivity contribution in [1.82, 2.24) is 4.31 Å². The number of benzene rings is 1. The van der Waals surface area contributed by atoms with Crippen molar-refractivity contribution in [2.24, 2.45) is 0 Å². The molecule has 0 bridgehead atoms. The van der Waals surface area contributed by atoms with E-state index < -0.39 is 49.4 Å². The molecule has 0 radical (unpaired) electrons. The molecule has 2 N–H and O–H groups in total. The molecule has 6 nitrogen and oxygen atoms in total. The van der Waals surface area contributed by atoms with Gasteiger partial charge in [0.2, 0.25) is 10.0 Å². The number of carboxylic acids is 1. The first-order valence-corrected chi connectivity index (χ1v) is 7.59. The minimum Gasteiger partial charge on any atom is -0.478 e. The van der Waals surface area contributed by atoms with E-state index in [1.807, 2.05) is 0 Å². The molecule has 1 aromatic carbocycles. The molecule has 9 heteroatoms. The van der Waals surface area contributed by atoms with E-state index in [2.05, 4.69) is 0 Å². The number of halogens is 2. The Balaban J connectivity index is 3.50. The molecular weight excluding hydrogens is 325 g/mol. The minimum absolute atomic E-state index is 0.468. The van der Waals surface area contributed by atoms with E-state index in [1.54, 1.807) is 0 Å². The van der Waals surface area contributed by atoms with Gasteiger partial charge in [-0.15, -0.1) is 0 Å². The SMILES string of the molecule is CN(C(C)(C)CO)S(=O)(=O)c1cc(F)c(Cl)c(C(=O)O)c1. The second kappa shape index (κ2) is 5.88. The molecule has 118 valence electrons. The number of hydrogen-bond donors (Lipinski definition) is 2. The Hall–Kier alpha value is -1.22. The van der Waals surface area contributed by atoms with E-state index in [0.29, 0.717) is 6.07 Å². The molecule has 0 spiro atoms. The maximum Gasteiger partial charge on any atom is 0.337 e. The molecule has 0 unspecified atom stereocenters. The van der Waals surface area contributed by atoms with Crippen LogP contribution >= 0.6 is 11.6 Å². The van der Waals surface area contributed by atoms with Gasteiger partial charge in [-0.2, -0.15) is 4.31 Å². The van der Waals surface area contributed by atoms with Gasteiger partial charge in [-0.1, -0.05) is 11.6 Å². The molecule has 0 aliphatic rings. The lowest BCUT2D eigenvalue weighted by molar-refractivity contribution is 0.0696. The summed E-state index contributed by atoms with van der Waals surface area (Å²) in [6.45, 7) is 2.47. The summed E-state index contributed by atoms with van der Waals surface area (Å²) in [6.07, 6.45) is 0. The maximum absolute atomic E-state index is 13.6. The lowest BCUT2D eigenvalue weighted by atomic mass is 10.1. The Morgan fingerprint density at radius 1 is 1.43 bits per heavy atom. The van der Waals surface area contributed by atoms with E-state index in [-0.39, 0.29) is 0 Å². The number of aromatic carboxylic acids is 1. The number of hydrogen-bond acceptors (Lipinski definition) is 4. The van der Waals surface area contributed by atoms with Crippen molar-refractivity contribution >= 4 is 27.6 Å². The predicted octanol–water partition coefficient (Wildman–Crippen LogP) is 1.57. The Morgan fingerprint density at radius 3 is 2.38 bits per heavy atom. The number of aliphatic hydroxyl groups excluding tert-OH is 1. The third-order valence-corrected chi connectivity index (χ3v) is 5.56. The number of nitrogens with zero attached hydrogens (tertiary/aromatic N) is 1. The third kappa shape index (κ3) is 3.34. The molecule has 1 aromatic rings. The summed E-state index contributed by atoms with van der Waals surface area (Å²) in [5.41, 5.74) is -1.79. The summed E-state index contributed by atoms with van der Waals surface area (Å²) in [4.78, 5) is 10.4. The van der Waals surface area contributed by atoms with Gasteiger partial charge in [-0.3, -0.25) is 0 Å². The fourth-order valence-electron chi connectivity index (χ4n) is 1.45. The van der Waals surface area contributed by atoms with Gasteiger partial charge >= 0.3 is 5.97 Å². The van der Waals surface area contributed by atoms with E-state index in [9.17, 15) is 22.7 Å². The summed E-state index contributed by atoms with van der Waals surface area (Å²) in [5, 5.41) is 17.5. The summed E-state index contributed by atoms with van der Waals surface area (Å²) in [5.74, 6) is -2.69. The van der Waals surface area contributed by atoms with Crippen LogP contribution in [0.15, 0.2) is 17.0 Å². The molecule has 0 amide bonds. The number of likely N-dealkylation sites (N-methyl/N-ethyl adjacent to an activating group) is 1. The minimum atomic E-state index is -4.19. The summed E-state index contributed by atoms with van der Waals surface area (Å²) >= 11 is 5.50. The summed E-state index contributed by atoms with van der Waals surface area (Å²) in [6, 6.07) is 1.43. The number of aliphatic hydroxyl groups is 1. The molecule has 0 aromatic heterocycles. The third-order valence-electron chi connectivity index (χ3n) is 3.13. The van der Waals surface area contributed by atoms with Gasteiger partial charge in [0.15, 0.2) is 0 Å². The molecular formula is C12H15ClFNO5S. The number of carboxylic acid groups (broad SMARTS) is 1. The first kappa shape index (κ1) is 17.8. The van der Waals surface area contributed by atoms with Crippen LogP contribution in [0.4, 0.5) is 4.39 Å². The Labute approximate surface area is 126 Å². The highest BCUT2D eigenvalue weighted by Crippen LogP contribution is 2.28. The van der Waals surface area contributed by atoms with Gasteiger partial charge in [0.1, 0.15) is 5.82 Å². The number of rotatable bonds is 5. The van der Waals surface area contributed by atoms with Crippen LogP contribution in [-0.2, 0) is 10.0 Å². The van der Waals surface area contributed by atoms with Crippen molar-refractivity contribution in [2.45, 2.75) is 24.3 Å². The summed E-state index contributed by atoms with van der Waals surface area (Å²) in [7, 11) is -2.99. The predicted molar refractivity (Wildman–Crippen MR) is 74.5 cm³/mol. The number of carbonyl (C=O) groups is 1. The lowest BCUT2D eigenvalue weighted by Crippen LogP contribution is -2.47. The van der Waals surface area contributed by atoms with Crippen LogP contribution in [0.25, 0.3) is 0 Å². The molecule has 0 aliphatic carbocycles. The average molecular weight is 340 g/mol. The normalized spacial score (nSPS) is 12.7. The van der Waals surface area contributed by atoms with Crippen LogP contribution in [0.5, 0.6) is 0 Å². The zero-order valence-corrected chi connectivity index (χ0v) is 13.2. The molecule has 0 saturated carbocycles. The standard InChI is InChI=1S/C12H15ClFNO5S/c1-12(2,6-16)15(3)21(19,20)7-4-8(11(17)18)10(13)9(14)5-7/h4-5,16H,6H2,1-3H3,(H,17,18). The molecule has 21 heavy (non-hydrogen) atoms. The zero-order valence-electron chi connectivity index (χ0n) is 11.6. The quantitative estimate of drug-likeness (QED) is 0.849. The number of sulfonamides is 1. The van der Waals surface area contributed by atoms with Crippen molar-refractivity contribution < 1.29 is 27.8 Å². The second-order valence-corrected chi connectivity index (χ2v) is 7.36. The first-order chi connectivity index (χ1) is 9.45. The summed E-state index contributed by atoms with van der Waals surface area (Å²) < 4.78 is 39.3. The Kier molecular flexibility index (Phi) is 4.99. The second-order valence-electron chi connectivity index (χ2n) is 5.01. The van der Waals surface area contributed by atoms with E-state index >= 15 is 0 Å². The lowest BCUT2D eigenvalue weighted by Gasteiger charge is -2.32. The van der Waals surface area contributed by atoms with Crippen molar-refractivity contribution in [3.63, 3.8) is 0 Å². The van der Waals surface area contributed by atoms with Gasteiger partial charge in [0.05, 0.1) is 27.6 Å². The maximum atomic E-state index is 13.6. The molecule has 0 heterocycles. The highest BCUT2D eigenvalue weighted by molar-refractivity contribution is 7.89. The van der Waals surface area contributed by atoms with Crippen LogP contribution < -0.4 is 0 Å². The monoisotopic (exact) mass is 339 g/mol. The highest BCUT2D eigenvalue weighted by Gasteiger charge is 2.34. The zero-order chi connectivity index (χ0) is 16.6. The van der Waals surface area contributed by atoms with Crippen LogP contribution in [-0.4, -0.2) is 48.1 Å².